The van der Waals surface area contributed by atoms with Gasteiger partial charge in [0.25, 0.3) is 5.56 Å². The van der Waals surface area contributed by atoms with Crippen LogP contribution >= 0.6 is 0 Å². The van der Waals surface area contributed by atoms with Crippen molar-refractivity contribution in [2.75, 3.05) is 31.6 Å². The fourth-order valence-electron chi connectivity index (χ4n) is 5.27. The molecule has 7 nitrogen and oxygen atoms in total. The van der Waals surface area contributed by atoms with Gasteiger partial charge in [-0.2, -0.15) is 4.98 Å². The van der Waals surface area contributed by atoms with Crippen LogP contribution in [0.25, 0.3) is 22.2 Å². The summed E-state index contributed by atoms with van der Waals surface area (Å²) < 4.78 is 7.41. The average molecular weight is 512 g/mol. The molecule has 2 aromatic heterocycles. The fraction of sp³-hybridized carbons (Fsp3) is 0.387. The summed E-state index contributed by atoms with van der Waals surface area (Å²) in [5, 5.41) is 4.59. The number of nitrogens with one attached hydrogen (secondary N) is 1. The van der Waals surface area contributed by atoms with E-state index >= 15 is 0 Å². The van der Waals surface area contributed by atoms with Gasteiger partial charge in [-0.1, -0.05) is 61.9 Å². The number of benzene rings is 2. The van der Waals surface area contributed by atoms with Crippen molar-refractivity contribution in [2.45, 2.75) is 51.6 Å². The van der Waals surface area contributed by atoms with Crippen LogP contribution in [0, 0.1) is 0 Å². The van der Waals surface area contributed by atoms with Gasteiger partial charge in [0.2, 0.25) is 5.95 Å². The summed E-state index contributed by atoms with van der Waals surface area (Å²) in [7, 11) is 1.65. The number of fused-ring (bicyclic) bond motifs is 1. The molecule has 2 aromatic carbocycles. The minimum Gasteiger partial charge on any atom is -0.496 e. The third-order valence-electron chi connectivity index (χ3n) is 7.44. The molecule has 0 aliphatic carbocycles. The highest BCUT2D eigenvalue weighted by Crippen LogP contribution is 2.34. The topological polar surface area (TPSA) is 72.3 Å². The first kappa shape index (κ1) is 25.9. The molecule has 1 fully saturated rings. The minimum absolute atomic E-state index is 0.0437. The van der Waals surface area contributed by atoms with Gasteiger partial charge in [0.1, 0.15) is 11.4 Å². The molecule has 0 bridgehead atoms. The molecule has 0 spiro atoms. The van der Waals surface area contributed by atoms with E-state index in [0.29, 0.717) is 24.2 Å². The van der Waals surface area contributed by atoms with Crippen molar-refractivity contribution < 1.29 is 4.74 Å². The van der Waals surface area contributed by atoms with E-state index in [0.717, 1.165) is 74.0 Å². The Kier molecular flexibility index (Phi) is 8.34. The van der Waals surface area contributed by atoms with E-state index in [1.54, 1.807) is 17.7 Å². The zero-order valence-electron chi connectivity index (χ0n) is 22.4. The lowest BCUT2D eigenvalue weighted by atomic mass is 10.0. The van der Waals surface area contributed by atoms with Crippen LogP contribution < -0.4 is 20.5 Å². The third kappa shape index (κ3) is 5.73. The monoisotopic (exact) mass is 511 g/mol. The van der Waals surface area contributed by atoms with Crippen molar-refractivity contribution in [3.8, 4) is 16.9 Å². The van der Waals surface area contributed by atoms with Crippen LogP contribution in [-0.2, 0) is 13.0 Å². The molecule has 3 heterocycles. The van der Waals surface area contributed by atoms with E-state index in [1.165, 1.54) is 5.56 Å². The van der Waals surface area contributed by atoms with Gasteiger partial charge >= 0.3 is 0 Å². The molecule has 1 N–H and O–H groups in total. The maximum absolute atomic E-state index is 13.3. The zero-order chi connectivity index (χ0) is 26.3. The average Bonchev–Trinajstić information content (AvgIpc) is 2.97. The van der Waals surface area contributed by atoms with Gasteiger partial charge in [0, 0.05) is 54.5 Å². The number of methoxy groups -OCH3 is 1. The van der Waals surface area contributed by atoms with Crippen LogP contribution in [0.1, 0.15) is 38.2 Å². The number of aromatic nitrogens is 3. The summed E-state index contributed by atoms with van der Waals surface area (Å²) in [6.07, 6.45) is 6.93. The molecule has 1 aliphatic rings. The van der Waals surface area contributed by atoms with Crippen LogP contribution in [0.15, 0.2) is 71.7 Å². The predicted octanol–water partition coefficient (Wildman–Crippen LogP) is 5.07. The van der Waals surface area contributed by atoms with Gasteiger partial charge in [-0.15, -0.1) is 0 Å². The van der Waals surface area contributed by atoms with Crippen molar-refractivity contribution >= 4 is 17.0 Å². The highest BCUT2D eigenvalue weighted by Gasteiger charge is 2.22. The predicted molar refractivity (Wildman–Crippen MR) is 154 cm³/mol. The Bertz CT molecular complexity index is 1410. The normalized spacial score (nSPS) is 14.2. The molecule has 0 amide bonds. The lowest BCUT2D eigenvalue weighted by Gasteiger charge is -2.32. The van der Waals surface area contributed by atoms with E-state index in [1.807, 2.05) is 30.5 Å². The van der Waals surface area contributed by atoms with Crippen molar-refractivity contribution in [3.63, 3.8) is 0 Å². The second-order valence-corrected chi connectivity index (χ2v) is 9.96. The second kappa shape index (κ2) is 12.2. The molecule has 1 aliphatic heterocycles. The Morgan fingerprint density at radius 2 is 1.79 bits per heavy atom. The molecule has 0 radical (unpaired) electrons. The van der Waals surface area contributed by atoms with Crippen LogP contribution in [-0.4, -0.2) is 47.3 Å². The quantitative estimate of drug-likeness (QED) is 0.321. The maximum atomic E-state index is 13.3. The fourth-order valence-corrected chi connectivity index (χ4v) is 5.27. The Labute approximate surface area is 224 Å². The number of ether oxygens (including phenoxy) is 1. The molecule has 38 heavy (non-hydrogen) atoms. The lowest BCUT2D eigenvalue weighted by Crippen LogP contribution is -2.43. The van der Waals surface area contributed by atoms with E-state index in [4.69, 9.17) is 14.7 Å². The van der Waals surface area contributed by atoms with Gasteiger partial charge in [-0.3, -0.25) is 9.36 Å². The van der Waals surface area contributed by atoms with Crippen LogP contribution in [0.4, 0.5) is 5.95 Å². The molecule has 5 rings (SSSR count). The Morgan fingerprint density at radius 3 is 2.55 bits per heavy atom. The number of hydrogen-bond donors (Lipinski definition) is 1. The summed E-state index contributed by atoms with van der Waals surface area (Å²) >= 11 is 0. The molecule has 0 atom stereocenters. The van der Waals surface area contributed by atoms with Crippen LogP contribution in [0.5, 0.6) is 5.75 Å². The van der Waals surface area contributed by atoms with Crippen molar-refractivity contribution in [2.24, 2.45) is 0 Å². The molecule has 0 unspecified atom stereocenters. The summed E-state index contributed by atoms with van der Waals surface area (Å²) in [4.78, 5) is 25.3. The summed E-state index contributed by atoms with van der Waals surface area (Å²) in [5.41, 5.74) is 3.70. The number of nitrogens with zero attached hydrogens (tertiary/aromatic N) is 4. The summed E-state index contributed by atoms with van der Waals surface area (Å²) in [5.74, 6) is 1.42. The Morgan fingerprint density at radius 1 is 1.03 bits per heavy atom. The molecular formula is C31H37N5O2. The largest absolute Gasteiger partial charge is 0.496 e. The number of piperidine rings is 1. The van der Waals surface area contributed by atoms with Crippen molar-refractivity contribution in [1.29, 1.82) is 0 Å². The lowest BCUT2D eigenvalue weighted by molar-refractivity contribution is 0.415. The van der Waals surface area contributed by atoms with Gasteiger partial charge in [-0.25, -0.2) is 4.98 Å². The standard InChI is InChI=1S/C31H37N5O2/c1-3-4-18-36-29(37)21-26(25-12-8-9-13-28(25)38-2)27-22-33-31(34-30(27)36)35-19-15-24(16-20-35)32-17-14-23-10-6-5-7-11-23/h5-13,21-22,24,32H,3-4,14-20H2,1-2H3. The van der Waals surface area contributed by atoms with Gasteiger partial charge < -0.3 is 15.0 Å². The molecule has 1 saturated heterocycles. The Balaban J connectivity index is 1.37. The molecular weight excluding hydrogens is 474 g/mol. The number of aryl methyl sites for hydroxylation is 1. The number of pyridine rings is 1. The van der Waals surface area contributed by atoms with E-state index in [2.05, 4.69) is 47.5 Å². The third-order valence-corrected chi connectivity index (χ3v) is 7.44. The number of anilines is 1. The highest BCUT2D eigenvalue weighted by atomic mass is 16.5. The number of rotatable bonds is 10. The van der Waals surface area contributed by atoms with Crippen LogP contribution in [0.3, 0.4) is 0 Å². The van der Waals surface area contributed by atoms with E-state index < -0.39 is 0 Å². The minimum atomic E-state index is -0.0437. The Hall–Kier alpha value is -3.71. The zero-order valence-corrected chi connectivity index (χ0v) is 22.4. The summed E-state index contributed by atoms with van der Waals surface area (Å²) in [6, 6.07) is 20.6. The smallest absolute Gasteiger partial charge is 0.252 e. The number of para-hydroxylation sites is 1. The second-order valence-electron chi connectivity index (χ2n) is 9.96. The van der Waals surface area contributed by atoms with Gasteiger partial charge in [-0.05, 0) is 43.9 Å². The van der Waals surface area contributed by atoms with Crippen molar-refractivity contribution in [3.05, 3.63) is 82.8 Å². The molecule has 198 valence electrons. The van der Waals surface area contributed by atoms with Crippen LogP contribution in [0.2, 0.25) is 0 Å². The first-order valence-electron chi connectivity index (χ1n) is 13.7. The first-order chi connectivity index (χ1) is 18.7. The van der Waals surface area contributed by atoms with E-state index in [-0.39, 0.29) is 5.56 Å². The van der Waals surface area contributed by atoms with Crippen molar-refractivity contribution in [1.82, 2.24) is 19.9 Å². The first-order valence-corrected chi connectivity index (χ1v) is 13.7. The molecule has 4 aromatic rings. The highest BCUT2D eigenvalue weighted by molar-refractivity contribution is 5.94. The van der Waals surface area contributed by atoms with E-state index in [9.17, 15) is 4.79 Å². The molecule has 0 saturated carbocycles. The molecule has 7 heteroatoms. The maximum Gasteiger partial charge on any atom is 0.252 e. The summed E-state index contributed by atoms with van der Waals surface area (Å²) in [6.45, 7) is 5.53. The number of hydrogen-bond acceptors (Lipinski definition) is 6. The SMILES string of the molecule is CCCCn1c(=O)cc(-c2ccccc2OC)c2cnc(N3CCC(NCCc4ccccc4)CC3)nc21. The van der Waals surface area contributed by atoms with Gasteiger partial charge in [0.15, 0.2) is 0 Å². The number of unbranched alkanes of at least 4 members (excludes halogenated alkanes) is 1. The van der Waals surface area contributed by atoms with Gasteiger partial charge in [0.05, 0.1) is 7.11 Å².